The topological polar surface area (TPSA) is 89.3 Å². The van der Waals surface area contributed by atoms with Crippen molar-refractivity contribution in [3.8, 4) is 28.4 Å². The first-order valence-corrected chi connectivity index (χ1v) is 17.8. The monoisotopic (exact) mass is 686 g/mol. The van der Waals surface area contributed by atoms with Crippen molar-refractivity contribution in [3.63, 3.8) is 0 Å². The molecular formula is C39H55F3N3O4-. The van der Waals surface area contributed by atoms with Crippen molar-refractivity contribution in [1.82, 2.24) is 14.5 Å². The van der Waals surface area contributed by atoms with Gasteiger partial charge in [-0.15, -0.1) is 0 Å². The van der Waals surface area contributed by atoms with Crippen LogP contribution in [-0.2, 0) is 22.4 Å². The average molecular weight is 687 g/mol. The molecule has 0 aliphatic heterocycles. The molecule has 0 N–H and O–H groups in total. The molecule has 0 fully saturated rings. The fraction of sp³-hybridized carbons (Fsp3) is 0.615. The molecule has 0 aliphatic rings. The molecule has 0 amide bonds. The summed E-state index contributed by atoms with van der Waals surface area (Å²) in [6.45, 7) is 12.3. The summed E-state index contributed by atoms with van der Waals surface area (Å²) < 4.78 is 54.6. The smallest absolute Gasteiger partial charge is 0.435 e. The molecule has 0 atom stereocenters. The number of aromatic nitrogens is 3. The van der Waals surface area contributed by atoms with Gasteiger partial charge in [-0.3, -0.25) is 4.98 Å². The number of ether oxygens (including phenoxy) is 2. The highest BCUT2D eigenvalue weighted by Crippen LogP contribution is 2.35. The van der Waals surface area contributed by atoms with Crippen molar-refractivity contribution < 1.29 is 32.5 Å². The van der Waals surface area contributed by atoms with E-state index in [9.17, 15) is 23.1 Å². The molecule has 272 valence electrons. The lowest BCUT2D eigenvalue weighted by Gasteiger charge is -2.32. The van der Waals surface area contributed by atoms with E-state index in [4.69, 9.17) is 9.47 Å². The molecule has 0 saturated heterocycles. The van der Waals surface area contributed by atoms with Gasteiger partial charge < -0.3 is 23.9 Å². The quantitative estimate of drug-likeness (QED) is 0.104. The number of pyridine rings is 1. The van der Waals surface area contributed by atoms with Gasteiger partial charge in [-0.2, -0.15) is 13.2 Å². The Kier molecular flexibility index (Phi) is 15.2. The molecule has 7 nitrogen and oxygen atoms in total. The van der Waals surface area contributed by atoms with Gasteiger partial charge in [-0.25, -0.2) is 4.98 Å². The maximum Gasteiger partial charge on any atom is 0.435 e. The number of unbranched alkanes of at least 4 members (excludes halogenated alkanes) is 8. The maximum atomic E-state index is 13.8. The van der Waals surface area contributed by atoms with E-state index in [0.717, 1.165) is 24.8 Å². The summed E-state index contributed by atoms with van der Waals surface area (Å²) >= 11 is 0. The number of rotatable bonds is 21. The number of nitrogens with zero attached hydrogens (tertiary/aromatic N) is 3. The van der Waals surface area contributed by atoms with Gasteiger partial charge in [0, 0.05) is 35.0 Å². The number of aliphatic carboxylic acids is 1. The van der Waals surface area contributed by atoms with Crippen molar-refractivity contribution in [2.24, 2.45) is 10.8 Å². The van der Waals surface area contributed by atoms with Crippen LogP contribution >= 0.6 is 0 Å². The Morgan fingerprint density at radius 1 is 0.837 bits per heavy atom. The normalized spacial score (nSPS) is 12.4. The summed E-state index contributed by atoms with van der Waals surface area (Å²) in [6, 6.07) is 10.5. The molecule has 0 saturated carbocycles. The molecular weight excluding hydrogens is 631 g/mol. The van der Waals surface area contributed by atoms with Crippen LogP contribution in [0.2, 0.25) is 0 Å². The number of hydrogen-bond donors (Lipinski definition) is 0. The SMILES string of the molecule is CCC(CC)(COc1ccc(-c2ccc(-c3nc(C(F)(F)F)c(C)n3COCCCCCCCCCCCC(C)(C)C)cn2)cc1)C(=O)[O-]. The third kappa shape index (κ3) is 12.2. The van der Waals surface area contributed by atoms with E-state index in [1.807, 2.05) is 0 Å². The Morgan fingerprint density at radius 3 is 1.92 bits per heavy atom. The minimum atomic E-state index is -4.59. The summed E-state index contributed by atoms with van der Waals surface area (Å²) in [5, 5.41) is 11.7. The highest BCUT2D eigenvalue weighted by molar-refractivity contribution is 5.72. The number of benzene rings is 1. The van der Waals surface area contributed by atoms with E-state index < -0.39 is 23.3 Å². The summed E-state index contributed by atoms with van der Waals surface area (Å²) in [4.78, 5) is 20.1. The van der Waals surface area contributed by atoms with Crippen LogP contribution in [0.15, 0.2) is 42.6 Å². The first-order chi connectivity index (χ1) is 23.2. The van der Waals surface area contributed by atoms with Crippen LogP contribution in [0.1, 0.15) is 123 Å². The standard InChI is InChI=1S/C39H56F3N3O4/c1-7-38(8-2,36(46)47)27-49-32-21-18-30(19-22-32)33-23-20-31(26-43-33)35-44-34(39(40,41)42)29(3)45(35)28-48-25-17-15-13-11-9-10-12-14-16-24-37(4,5)6/h18-23,26H,7-17,24-25,27-28H2,1-6H3,(H,46,47)/p-1. The molecule has 2 aromatic heterocycles. The fourth-order valence-electron chi connectivity index (χ4n) is 5.88. The van der Waals surface area contributed by atoms with E-state index in [1.54, 1.807) is 50.2 Å². The number of carbonyl (C=O) groups excluding carboxylic acids is 1. The second-order valence-corrected chi connectivity index (χ2v) is 14.3. The van der Waals surface area contributed by atoms with Crippen LogP contribution < -0.4 is 9.84 Å². The van der Waals surface area contributed by atoms with Gasteiger partial charge in [0.1, 0.15) is 18.3 Å². The van der Waals surface area contributed by atoms with Crippen molar-refractivity contribution in [3.05, 3.63) is 54.0 Å². The minimum absolute atomic E-state index is 0.00138. The molecule has 1 aromatic carbocycles. The molecule has 0 radical (unpaired) electrons. The highest BCUT2D eigenvalue weighted by Gasteiger charge is 2.38. The molecule has 2 heterocycles. The predicted octanol–water partition coefficient (Wildman–Crippen LogP) is 9.80. The van der Waals surface area contributed by atoms with Crippen LogP contribution in [-0.4, -0.2) is 33.7 Å². The third-order valence-corrected chi connectivity index (χ3v) is 9.40. The van der Waals surface area contributed by atoms with E-state index in [1.165, 1.54) is 62.6 Å². The van der Waals surface area contributed by atoms with Gasteiger partial charge in [0.2, 0.25) is 0 Å². The molecule has 10 heteroatoms. The highest BCUT2D eigenvalue weighted by atomic mass is 19.4. The van der Waals surface area contributed by atoms with E-state index in [2.05, 4.69) is 30.7 Å². The zero-order chi connectivity index (χ0) is 36.1. The van der Waals surface area contributed by atoms with Crippen LogP contribution in [0, 0.1) is 17.8 Å². The summed E-state index contributed by atoms with van der Waals surface area (Å²) in [5.41, 5.74) is 0.260. The van der Waals surface area contributed by atoms with Crippen molar-refractivity contribution in [2.45, 2.75) is 131 Å². The van der Waals surface area contributed by atoms with Gasteiger partial charge in [-0.1, -0.05) is 86.0 Å². The minimum Gasteiger partial charge on any atom is -0.549 e. The van der Waals surface area contributed by atoms with E-state index in [0.29, 0.717) is 41.9 Å². The van der Waals surface area contributed by atoms with Gasteiger partial charge in [-0.05, 0) is 74.4 Å². The second kappa shape index (κ2) is 18.6. The number of carboxylic acids is 1. The first kappa shape index (κ1) is 40.0. The zero-order valence-corrected chi connectivity index (χ0v) is 30.3. The van der Waals surface area contributed by atoms with Crippen LogP contribution in [0.5, 0.6) is 5.75 Å². The molecule has 0 bridgehead atoms. The fourth-order valence-corrected chi connectivity index (χ4v) is 5.88. The van der Waals surface area contributed by atoms with Gasteiger partial charge in [0.15, 0.2) is 5.69 Å². The first-order valence-electron chi connectivity index (χ1n) is 17.8. The Morgan fingerprint density at radius 2 is 1.41 bits per heavy atom. The number of carboxylic acid groups (broad SMARTS) is 1. The maximum absolute atomic E-state index is 13.8. The molecule has 0 unspecified atom stereocenters. The van der Waals surface area contributed by atoms with Crippen LogP contribution in [0.25, 0.3) is 22.6 Å². The van der Waals surface area contributed by atoms with Crippen LogP contribution in [0.4, 0.5) is 13.2 Å². The second-order valence-electron chi connectivity index (χ2n) is 14.3. The Balaban J connectivity index is 1.54. The lowest BCUT2D eigenvalue weighted by molar-refractivity contribution is -0.321. The third-order valence-electron chi connectivity index (χ3n) is 9.40. The summed E-state index contributed by atoms with van der Waals surface area (Å²) in [7, 11) is 0. The molecule has 49 heavy (non-hydrogen) atoms. The number of imidazole rings is 1. The predicted molar refractivity (Wildman–Crippen MR) is 186 cm³/mol. The average Bonchev–Trinajstić information content (AvgIpc) is 3.40. The zero-order valence-electron chi connectivity index (χ0n) is 30.3. The van der Waals surface area contributed by atoms with Gasteiger partial charge in [0.25, 0.3) is 0 Å². The largest absolute Gasteiger partial charge is 0.549 e. The van der Waals surface area contributed by atoms with Crippen molar-refractivity contribution in [1.29, 1.82) is 0 Å². The number of carbonyl (C=O) groups is 1. The number of alkyl halides is 3. The lowest BCUT2D eigenvalue weighted by Crippen LogP contribution is -2.45. The molecule has 0 spiro atoms. The van der Waals surface area contributed by atoms with Gasteiger partial charge >= 0.3 is 6.18 Å². The van der Waals surface area contributed by atoms with Crippen molar-refractivity contribution in [2.75, 3.05) is 13.2 Å². The molecule has 0 aliphatic carbocycles. The van der Waals surface area contributed by atoms with Crippen LogP contribution in [0.3, 0.4) is 0 Å². The number of halogens is 3. The Labute approximate surface area is 290 Å². The Bertz CT molecular complexity index is 1420. The van der Waals surface area contributed by atoms with Crippen molar-refractivity contribution >= 4 is 5.97 Å². The lowest BCUT2D eigenvalue weighted by atomic mass is 9.83. The number of hydrogen-bond acceptors (Lipinski definition) is 6. The Hall–Kier alpha value is -3.40. The summed E-state index contributed by atoms with van der Waals surface area (Å²) in [5.74, 6) is -0.460. The summed E-state index contributed by atoms with van der Waals surface area (Å²) in [6.07, 6.45) is 9.61. The van der Waals surface area contributed by atoms with Gasteiger partial charge in [0.05, 0.1) is 18.3 Å². The van der Waals surface area contributed by atoms with E-state index >= 15 is 0 Å². The molecule has 3 aromatic rings. The molecule has 3 rings (SSSR count). The van der Waals surface area contributed by atoms with E-state index in [-0.39, 0.29) is 24.9 Å².